The lowest BCUT2D eigenvalue weighted by atomic mass is 9.84. The monoisotopic (exact) mass is 146 g/mol. The summed E-state index contributed by atoms with van der Waals surface area (Å²) < 4.78 is 5.23. The Morgan fingerprint density at radius 2 is 2.10 bits per heavy atom. The Bertz CT molecular complexity index is 109. The quantitative estimate of drug-likeness (QED) is 0.565. The van der Waals surface area contributed by atoms with Gasteiger partial charge in [-0.2, -0.15) is 0 Å². The van der Waals surface area contributed by atoms with E-state index in [1.54, 1.807) is 0 Å². The second kappa shape index (κ2) is 2.86. The molecule has 0 aromatic carbocycles. The molecule has 10 heavy (non-hydrogen) atoms. The fourth-order valence-electron chi connectivity index (χ4n) is 1.28. The van der Waals surface area contributed by atoms with Crippen molar-refractivity contribution in [3.8, 4) is 0 Å². The van der Waals surface area contributed by atoms with Crippen molar-refractivity contribution in [2.75, 3.05) is 19.8 Å². The minimum absolute atomic E-state index is 0.0116. The van der Waals surface area contributed by atoms with Crippen LogP contribution in [0.25, 0.3) is 0 Å². The van der Waals surface area contributed by atoms with Gasteiger partial charge in [-0.15, -0.1) is 0 Å². The van der Waals surface area contributed by atoms with Crippen LogP contribution in [0.2, 0.25) is 0 Å². The van der Waals surface area contributed by atoms with Crippen LogP contribution in [0, 0.1) is 5.41 Å². The predicted molar refractivity (Wildman–Crippen MR) is 36.6 cm³/mol. The Labute approximate surface area is 60.6 Å². The van der Waals surface area contributed by atoms with Crippen LogP contribution in [-0.4, -0.2) is 36.1 Å². The van der Waals surface area contributed by atoms with E-state index < -0.39 is 0 Å². The number of hydrogen-bond donors (Lipinski definition) is 2. The minimum atomic E-state index is -0.375. The second-order valence-electron chi connectivity index (χ2n) is 2.94. The van der Waals surface area contributed by atoms with Gasteiger partial charge in [-0.05, 0) is 13.3 Å². The highest BCUT2D eigenvalue weighted by molar-refractivity contribution is 4.88. The standard InChI is InChI=1S/C7H14O3/c1-6-7(4-8,5-9)2-3-10-6/h6,8-9H,2-5H2,1H3. The Morgan fingerprint density at radius 1 is 1.50 bits per heavy atom. The fraction of sp³-hybridized carbons (Fsp3) is 1.00. The van der Waals surface area contributed by atoms with Crippen LogP contribution < -0.4 is 0 Å². The fourth-order valence-corrected chi connectivity index (χ4v) is 1.28. The molecule has 0 aromatic rings. The van der Waals surface area contributed by atoms with E-state index in [4.69, 9.17) is 14.9 Å². The van der Waals surface area contributed by atoms with Crippen LogP contribution in [0.15, 0.2) is 0 Å². The molecule has 0 radical (unpaired) electrons. The normalized spacial score (nSPS) is 30.9. The van der Waals surface area contributed by atoms with Crippen molar-refractivity contribution >= 4 is 0 Å². The topological polar surface area (TPSA) is 49.7 Å². The van der Waals surface area contributed by atoms with E-state index in [0.29, 0.717) is 6.61 Å². The van der Waals surface area contributed by atoms with E-state index in [-0.39, 0.29) is 24.7 Å². The van der Waals surface area contributed by atoms with Crippen molar-refractivity contribution in [3.63, 3.8) is 0 Å². The van der Waals surface area contributed by atoms with Gasteiger partial charge in [0.25, 0.3) is 0 Å². The first-order valence-corrected chi connectivity index (χ1v) is 3.58. The Balaban J connectivity index is 2.61. The maximum absolute atomic E-state index is 8.95. The number of rotatable bonds is 2. The van der Waals surface area contributed by atoms with E-state index in [2.05, 4.69) is 0 Å². The smallest absolute Gasteiger partial charge is 0.0648 e. The summed E-state index contributed by atoms with van der Waals surface area (Å²) in [4.78, 5) is 0. The van der Waals surface area contributed by atoms with Crippen LogP contribution in [0.4, 0.5) is 0 Å². The third-order valence-corrected chi connectivity index (χ3v) is 2.46. The Hall–Kier alpha value is -0.120. The first-order valence-electron chi connectivity index (χ1n) is 3.58. The molecule has 0 amide bonds. The van der Waals surface area contributed by atoms with Gasteiger partial charge in [0.15, 0.2) is 0 Å². The highest BCUT2D eigenvalue weighted by Gasteiger charge is 2.40. The molecule has 3 nitrogen and oxygen atoms in total. The molecule has 0 saturated carbocycles. The molecule has 0 bridgehead atoms. The van der Waals surface area contributed by atoms with Gasteiger partial charge in [-0.3, -0.25) is 0 Å². The van der Waals surface area contributed by atoms with Crippen molar-refractivity contribution in [1.29, 1.82) is 0 Å². The highest BCUT2D eigenvalue weighted by atomic mass is 16.5. The lowest BCUT2D eigenvalue weighted by molar-refractivity contribution is -0.00885. The molecule has 1 heterocycles. The molecule has 1 rings (SSSR count). The lowest BCUT2D eigenvalue weighted by Crippen LogP contribution is -2.36. The van der Waals surface area contributed by atoms with E-state index in [9.17, 15) is 0 Å². The maximum atomic E-state index is 8.95. The van der Waals surface area contributed by atoms with E-state index in [1.165, 1.54) is 0 Å². The highest BCUT2D eigenvalue weighted by Crippen LogP contribution is 2.33. The third-order valence-electron chi connectivity index (χ3n) is 2.46. The van der Waals surface area contributed by atoms with Gasteiger partial charge in [0.05, 0.1) is 19.3 Å². The zero-order chi connectivity index (χ0) is 7.61. The largest absolute Gasteiger partial charge is 0.396 e. The van der Waals surface area contributed by atoms with Crippen molar-refractivity contribution in [3.05, 3.63) is 0 Å². The number of ether oxygens (including phenoxy) is 1. The summed E-state index contributed by atoms with van der Waals surface area (Å²) >= 11 is 0. The lowest BCUT2D eigenvalue weighted by Gasteiger charge is -2.26. The predicted octanol–water partition coefficient (Wildman–Crippen LogP) is -0.234. The van der Waals surface area contributed by atoms with Crippen LogP contribution in [0.3, 0.4) is 0 Å². The summed E-state index contributed by atoms with van der Waals surface area (Å²) in [5, 5.41) is 17.9. The van der Waals surface area contributed by atoms with Crippen molar-refractivity contribution < 1.29 is 14.9 Å². The molecule has 2 N–H and O–H groups in total. The molecule has 0 aromatic heterocycles. The van der Waals surface area contributed by atoms with E-state index in [0.717, 1.165) is 6.42 Å². The summed E-state index contributed by atoms with van der Waals surface area (Å²) in [6.45, 7) is 2.58. The summed E-state index contributed by atoms with van der Waals surface area (Å²) in [6.07, 6.45) is 0.753. The summed E-state index contributed by atoms with van der Waals surface area (Å²) in [5.74, 6) is 0. The molecule has 1 fully saturated rings. The number of aliphatic hydroxyl groups is 2. The molecule has 1 aliphatic rings. The van der Waals surface area contributed by atoms with E-state index >= 15 is 0 Å². The second-order valence-corrected chi connectivity index (χ2v) is 2.94. The Morgan fingerprint density at radius 3 is 2.30 bits per heavy atom. The summed E-state index contributed by atoms with van der Waals surface area (Å²) in [6, 6.07) is 0. The van der Waals surface area contributed by atoms with E-state index in [1.807, 2.05) is 6.92 Å². The van der Waals surface area contributed by atoms with Crippen LogP contribution in [-0.2, 0) is 4.74 Å². The average molecular weight is 146 g/mol. The van der Waals surface area contributed by atoms with Crippen molar-refractivity contribution in [2.45, 2.75) is 19.4 Å². The van der Waals surface area contributed by atoms with Crippen LogP contribution in [0.1, 0.15) is 13.3 Å². The van der Waals surface area contributed by atoms with Gasteiger partial charge in [0, 0.05) is 12.0 Å². The van der Waals surface area contributed by atoms with Gasteiger partial charge in [-0.1, -0.05) is 0 Å². The van der Waals surface area contributed by atoms with Gasteiger partial charge in [0.1, 0.15) is 0 Å². The third kappa shape index (κ3) is 1.05. The van der Waals surface area contributed by atoms with Gasteiger partial charge >= 0.3 is 0 Å². The molecule has 1 atom stereocenters. The molecule has 0 spiro atoms. The molecule has 3 heteroatoms. The first kappa shape index (κ1) is 7.98. The Kier molecular flexibility index (Phi) is 2.28. The molecular weight excluding hydrogens is 132 g/mol. The minimum Gasteiger partial charge on any atom is -0.396 e. The van der Waals surface area contributed by atoms with Gasteiger partial charge in [0.2, 0.25) is 0 Å². The van der Waals surface area contributed by atoms with Crippen molar-refractivity contribution in [2.24, 2.45) is 5.41 Å². The molecule has 60 valence electrons. The molecule has 1 saturated heterocycles. The first-order chi connectivity index (χ1) is 4.75. The van der Waals surface area contributed by atoms with Gasteiger partial charge < -0.3 is 14.9 Å². The van der Waals surface area contributed by atoms with Gasteiger partial charge in [-0.25, -0.2) is 0 Å². The average Bonchev–Trinajstić information content (AvgIpc) is 2.32. The summed E-state index contributed by atoms with van der Waals surface area (Å²) in [5.41, 5.74) is -0.375. The number of hydrogen-bond acceptors (Lipinski definition) is 3. The van der Waals surface area contributed by atoms with Crippen molar-refractivity contribution in [1.82, 2.24) is 0 Å². The maximum Gasteiger partial charge on any atom is 0.0648 e. The summed E-state index contributed by atoms with van der Waals surface area (Å²) in [7, 11) is 0. The van der Waals surface area contributed by atoms with Crippen LogP contribution >= 0.6 is 0 Å². The molecular formula is C7H14O3. The molecule has 1 aliphatic heterocycles. The van der Waals surface area contributed by atoms with Crippen LogP contribution in [0.5, 0.6) is 0 Å². The molecule has 0 aliphatic carbocycles. The SMILES string of the molecule is CC1OCCC1(CO)CO. The number of aliphatic hydroxyl groups excluding tert-OH is 2. The zero-order valence-electron chi connectivity index (χ0n) is 6.21. The zero-order valence-corrected chi connectivity index (χ0v) is 6.21. The molecule has 1 unspecified atom stereocenters.